The Morgan fingerprint density at radius 2 is 2.00 bits per heavy atom. The second-order valence-electron chi connectivity index (χ2n) is 8.74. The molecule has 3 atom stereocenters. The van der Waals surface area contributed by atoms with E-state index in [2.05, 4.69) is 20.8 Å². The molecule has 136 valence electrons. The molecule has 0 aromatic heterocycles. The van der Waals surface area contributed by atoms with Crippen molar-refractivity contribution in [3.8, 4) is 0 Å². The first kappa shape index (κ1) is 19.2. The molecule has 2 aliphatic carbocycles. The van der Waals surface area contributed by atoms with Gasteiger partial charge in [-0.3, -0.25) is 4.79 Å². The lowest BCUT2D eigenvalue weighted by Crippen LogP contribution is -2.51. The van der Waals surface area contributed by atoms with Gasteiger partial charge in [-0.2, -0.15) is 0 Å². The van der Waals surface area contributed by atoms with Crippen molar-refractivity contribution in [1.29, 1.82) is 0 Å². The summed E-state index contributed by atoms with van der Waals surface area (Å²) >= 11 is 0. The normalized spacial score (nSPS) is 33.0. The van der Waals surface area contributed by atoms with Crippen LogP contribution in [0.1, 0.15) is 79.6 Å². The third-order valence-corrected chi connectivity index (χ3v) is 6.62. The molecule has 2 aliphatic rings. The van der Waals surface area contributed by atoms with Gasteiger partial charge in [0.05, 0.1) is 6.61 Å². The van der Waals surface area contributed by atoms with Gasteiger partial charge < -0.3 is 4.74 Å². The van der Waals surface area contributed by atoms with Crippen molar-refractivity contribution in [2.75, 3.05) is 6.61 Å². The van der Waals surface area contributed by atoms with E-state index in [4.69, 9.17) is 4.74 Å². The summed E-state index contributed by atoms with van der Waals surface area (Å²) in [6.45, 7) is 11.3. The van der Waals surface area contributed by atoms with E-state index in [1.54, 1.807) is 6.08 Å². The largest absolute Gasteiger partial charge is 0.463 e. The maximum Gasteiger partial charge on any atom is 0.330 e. The van der Waals surface area contributed by atoms with Gasteiger partial charge in [0.15, 0.2) is 0 Å². The zero-order valence-corrected chi connectivity index (χ0v) is 16.1. The van der Waals surface area contributed by atoms with Gasteiger partial charge in [0.25, 0.3) is 0 Å². The highest BCUT2D eigenvalue weighted by Crippen LogP contribution is 2.59. The van der Waals surface area contributed by atoms with Crippen LogP contribution in [0.2, 0.25) is 0 Å². The van der Waals surface area contributed by atoms with Crippen molar-refractivity contribution < 1.29 is 14.3 Å². The number of carbonyl (C=O) groups excluding carboxylic acids is 2. The van der Waals surface area contributed by atoms with Crippen LogP contribution >= 0.6 is 0 Å². The maximum atomic E-state index is 12.7. The maximum absolute atomic E-state index is 12.7. The van der Waals surface area contributed by atoms with Crippen molar-refractivity contribution in [3.63, 3.8) is 0 Å². The van der Waals surface area contributed by atoms with Gasteiger partial charge in [0, 0.05) is 18.4 Å². The van der Waals surface area contributed by atoms with Gasteiger partial charge in [0.2, 0.25) is 0 Å². The molecule has 0 aromatic carbocycles. The van der Waals surface area contributed by atoms with Crippen molar-refractivity contribution in [2.24, 2.45) is 22.7 Å². The molecule has 0 radical (unpaired) electrons. The van der Waals surface area contributed by atoms with E-state index in [1.165, 1.54) is 12.8 Å². The van der Waals surface area contributed by atoms with Crippen LogP contribution in [0.25, 0.3) is 0 Å². The van der Waals surface area contributed by atoms with Crippen LogP contribution in [0, 0.1) is 22.7 Å². The first-order chi connectivity index (χ1) is 11.2. The minimum atomic E-state index is -0.271. The molecule has 0 heterocycles. The standard InChI is InChI=1S/C21H34O3/c1-6-24-19(23)14-15(2)8-9-16-17(22)10-11-18-20(3,4)12-7-13-21(16,18)5/h14,16,18H,6-13H2,1-5H3/b15-14-/t16-,18-,21+/m0/s1. The lowest BCUT2D eigenvalue weighted by molar-refractivity contribution is -0.143. The average molecular weight is 335 g/mol. The van der Waals surface area contributed by atoms with Crippen LogP contribution in [0.5, 0.6) is 0 Å². The number of rotatable bonds is 5. The first-order valence-electron chi connectivity index (χ1n) is 9.57. The molecule has 0 amide bonds. The lowest BCUT2D eigenvalue weighted by Gasteiger charge is -2.56. The van der Waals surface area contributed by atoms with E-state index in [1.807, 2.05) is 13.8 Å². The monoisotopic (exact) mass is 334 g/mol. The number of ether oxygens (including phenoxy) is 1. The van der Waals surface area contributed by atoms with E-state index in [0.29, 0.717) is 23.7 Å². The molecule has 0 spiro atoms. The van der Waals surface area contributed by atoms with Gasteiger partial charge in [0.1, 0.15) is 5.78 Å². The molecule has 0 saturated heterocycles. The summed E-state index contributed by atoms with van der Waals surface area (Å²) in [4.78, 5) is 24.3. The fraction of sp³-hybridized carbons (Fsp3) is 0.810. The van der Waals surface area contributed by atoms with Crippen LogP contribution < -0.4 is 0 Å². The molecular formula is C21H34O3. The zero-order chi connectivity index (χ0) is 18.0. The van der Waals surface area contributed by atoms with Gasteiger partial charge in [-0.05, 0) is 62.7 Å². The van der Waals surface area contributed by atoms with Gasteiger partial charge in [-0.15, -0.1) is 0 Å². The summed E-state index contributed by atoms with van der Waals surface area (Å²) in [7, 11) is 0. The first-order valence-corrected chi connectivity index (χ1v) is 9.57. The minimum Gasteiger partial charge on any atom is -0.463 e. The summed E-state index contributed by atoms with van der Waals surface area (Å²) in [6, 6.07) is 0. The van der Waals surface area contributed by atoms with Crippen molar-refractivity contribution in [1.82, 2.24) is 0 Å². The van der Waals surface area contributed by atoms with E-state index < -0.39 is 0 Å². The Morgan fingerprint density at radius 1 is 1.29 bits per heavy atom. The van der Waals surface area contributed by atoms with Crippen molar-refractivity contribution >= 4 is 11.8 Å². The number of ketones is 1. The molecule has 0 aliphatic heterocycles. The highest BCUT2D eigenvalue weighted by molar-refractivity contribution is 5.83. The third kappa shape index (κ3) is 3.92. The number of hydrogen-bond donors (Lipinski definition) is 0. The zero-order valence-electron chi connectivity index (χ0n) is 16.1. The molecule has 2 fully saturated rings. The van der Waals surface area contributed by atoms with E-state index in [0.717, 1.165) is 37.7 Å². The molecule has 3 nitrogen and oxygen atoms in total. The highest BCUT2D eigenvalue weighted by atomic mass is 16.5. The van der Waals surface area contributed by atoms with Crippen LogP contribution in [0.3, 0.4) is 0 Å². The Balaban J connectivity index is 2.10. The van der Waals surface area contributed by atoms with Crippen LogP contribution in [0.4, 0.5) is 0 Å². The molecule has 0 unspecified atom stereocenters. The summed E-state index contributed by atoms with van der Waals surface area (Å²) < 4.78 is 4.98. The molecule has 0 aromatic rings. The summed E-state index contributed by atoms with van der Waals surface area (Å²) in [5.74, 6) is 0.945. The Kier molecular flexibility index (Phi) is 5.93. The molecule has 24 heavy (non-hydrogen) atoms. The summed E-state index contributed by atoms with van der Waals surface area (Å²) in [5.41, 5.74) is 1.48. The molecule has 3 heteroatoms. The van der Waals surface area contributed by atoms with Crippen molar-refractivity contribution in [3.05, 3.63) is 11.6 Å². The molecule has 2 saturated carbocycles. The fourth-order valence-electron chi connectivity index (χ4n) is 5.45. The smallest absolute Gasteiger partial charge is 0.330 e. The van der Waals surface area contributed by atoms with E-state index in [-0.39, 0.29) is 17.3 Å². The SMILES string of the molecule is CCOC(=O)/C=C(/C)CC[C@H]1C(=O)CC[C@H]2C(C)(C)CCC[C@]12C. The second-order valence-corrected chi connectivity index (χ2v) is 8.74. The Bertz CT molecular complexity index is 517. The van der Waals surface area contributed by atoms with Crippen LogP contribution in [-0.2, 0) is 14.3 Å². The number of hydrogen-bond acceptors (Lipinski definition) is 3. The molecule has 2 rings (SSSR count). The number of Topliss-reactive ketones (excluding diaryl/α,β-unsaturated/α-hetero) is 1. The second kappa shape index (κ2) is 7.41. The number of fused-ring (bicyclic) bond motifs is 1. The van der Waals surface area contributed by atoms with Crippen LogP contribution in [0.15, 0.2) is 11.6 Å². The summed E-state index contributed by atoms with van der Waals surface area (Å²) in [5, 5.41) is 0. The number of esters is 1. The third-order valence-electron chi connectivity index (χ3n) is 6.62. The van der Waals surface area contributed by atoms with E-state index >= 15 is 0 Å². The minimum absolute atomic E-state index is 0.126. The number of carbonyl (C=O) groups is 2. The Labute approximate surface area is 147 Å². The molecular weight excluding hydrogens is 300 g/mol. The predicted octanol–water partition coefficient (Wildman–Crippen LogP) is 5.09. The molecule has 0 bridgehead atoms. The predicted molar refractivity (Wildman–Crippen MR) is 96.6 cm³/mol. The fourth-order valence-corrected chi connectivity index (χ4v) is 5.45. The quantitative estimate of drug-likeness (QED) is 0.519. The molecule has 0 N–H and O–H groups in total. The van der Waals surface area contributed by atoms with Gasteiger partial charge in [-0.1, -0.05) is 32.8 Å². The summed E-state index contributed by atoms with van der Waals surface area (Å²) in [6.07, 6.45) is 8.70. The number of allylic oxidation sites excluding steroid dienone is 1. The van der Waals surface area contributed by atoms with E-state index in [9.17, 15) is 9.59 Å². The average Bonchev–Trinajstić information content (AvgIpc) is 2.45. The Morgan fingerprint density at radius 3 is 2.67 bits per heavy atom. The highest BCUT2D eigenvalue weighted by Gasteiger charge is 2.54. The topological polar surface area (TPSA) is 43.4 Å². The van der Waals surface area contributed by atoms with Crippen molar-refractivity contribution in [2.45, 2.75) is 79.6 Å². The van der Waals surface area contributed by atoms with Gasteiger partial charge >= 0.3 is 5.97 Å². The van der Waals surface area contributed by atoms with Gasteiger partial charge in [-0.25, -0.2) is 4.79 Å². The van der Waals surface area contributed by atoms with Crippen LogP contribution in [-0.4, -0.2) is 18.4 Å². The lowest BCUT2D eigenvalue weighted by atomic mass is 9.47. The Hall–Kier alpha value is -1.12.